The molecule has 2 aromatic rings. The van der Waals surface area contributed by atoms with Gasteiger partial charge in [0, 0.05) is 51.2 Å². The van der Waals surface area contributed by atoms with Crippen LogP contribution in [-0.2, 0) is 12.7 Å². The summed E-state index contributed by atoms with van der Waals surface area (Å²) in [5.41, 5.74) is 0.478. The van der Waals surface area contributed by atoms with Crippen molar-refractivity contribution >= 4 is 12.0 Å². The second-order valence-electron chi connectivity index (χ2n) is 9.48. The second-order valence-corrected chi connectivity index (χ2v) is 9.48. The van der Waals surface area contributed by atoms with Gasteiger partial charge in [0.25, 0.3) is 0 Å². The molecule has 1 N–H and O–H groups in total. The smallest absolute Gasteiger partial charge is 0.338 e. The average Bonchev–Trinajstić information content (AvgIpc) is 2.85. The van der Waals surface area contributed by atoms with Crippen molar-refractivity contribution in [3.63, 3.8) is 0 Å². The summed E-state index contributed by atoms with van der Waals surface area (Å²) in [6, 6.07) is 10.3. The van der Waals surface area contributed by atoms with E-state index in [0.29, 0.717) is 32.1 Å². The second kappa shape index (κ2) is 11.2. The summed E-state index contributed by atoms with van der Waals surface area (Å²) in [4.78, 5) is 26.6. The number of benzene rings is 1. The summed E-state index contributed by atoms with van der Waals surface area (Å²) >= 11 is 0. The topological polar surface area (TPSA) is 64.6 Å². The van der Waals surface area contributed by atoms with Crippen LogP contribution in [-0.4, -0.2) is 71.1 Å². The van der Waals surface area contributed by atoms with Crippen LogP contribution in [0.5, 0.6) is 0 Å². The molecular formula is C25H33F3N6O. The molecule has 2 saturated heterocycles. The number of rotatable bonds is 6. The lowest BCUT2D eigenvalue weighted by Crippen LogP contribution is -2.57. The Hall–Kier alpha value is -2.88. The van der Waals surface area contributed by atoms with Crippen LogP contribution in [0.2, 0.25) is 0 Å². The van der Waals surface area contributed by atoms with Gasteiger partial charge in [0.2, 0.25) is 5.95 Å². The number of amides is 2. The number of hydrogen-bond acceptors (Lipinski definition) is 5. The maximum absolute atomic E-state index is 12.7. The first-order valence-electron chi connectivity index (χ1n) is 12.2. The fourth-order valence-electron chi connectivity index (χ4n) is 4.83. The summed E-state index contributed by atoms with van der Waals surface area (Å²) in [6.45, 7) is 7.15. The third-order valence-corrected chi connectivity index (χ3v) is 6.92. The van der Waals surface area contributed by atoms with Gasteiger partial charge in [-0.3, -0.25) is 4.90 Å². The van der Waals surface area contributed by atoms with Gasteiger partial charge in [-0.15, -0.1) is 0 Å². The summed E-state index contributed by atoms with van der Waals surface area (Å²) in [5.74, 6) is 0.872. The molecule has 1 aromatic heterocycles. The van der Waals surface area contributed by atoms with Gasteiger partial charge >= 0.3 is 12.2 Å². The fourth-order valence-corrected chi connectivity index (χ4v) is 4.83. The highest BCUT2D eigenvalue weighted by Crippen LogP contribution is 2.28. The molecule has 4 rings (SSSR count). The molecule has 1 aromatic carbocycles. The molecule has 10 heteroatoms. The Morgan fingerprint density at radius 1 is 1.06 bits per heavy atom. The van der Waals surface area contributed by atoms with Crippen LogP contribution in [0.25, 0.3) is 0 Å². The first-order chi connectivity index (χ1) is 16.8. The lowest BCUT2D eigenvalue weighted by molar-refractivity contribution is -0.138. The van der Waals surface area contributed by atoms with Crippen molar-refractivity contribution < 1.29 is 18.0 Å². The molecule has 0 saturated carbocycles. The van der Waals surface area contributed by atoms with E-state index in [9.17, 15) is 18.0 Å². The minimum absolute atomic E-state index is 0.0907. The van der Waals surface area contributed by atoms with E-state index >= 15 is 0 Å². The van der Waals surface area contributed by atoms with E-state index in [2.05, 4.69) is 44.5 Å². The normalized spacial score (nSPS) is 20.2. The third-order valence-electron chi connectivity index (χ3n) is 6.92. The lowest BCUT2D eigenvalue weighted by Gasteiger charge is -2.39. The van der Waals surface area contributed by atoms with Crippen molar-refractivity contribution in [3.05, 3.63) is 53.9 Å². The van der Waals surface area contributed by atoms with E-state index in [1.807, 2.05) is 17.9 Å². The van der Waals surface area contributed by atoms with E-state index in [1.165, 1.54) is 5.56 Å². The van der Waals surface area contributed by atoms with Crippen molar-refractivity contribution in [1.29, 1.82) is 0 Å². The number of hydrogen-bond donors (Lipinski definition) is 1. The predicted octanol–water partition coefficient (Wildman–Crippen LogP) is 4.02. The molecule has 3 heterocycles. The van der Waals surface area contributed by atoms with Gasteiger partial charge in [0.05, 0.1) is 5.56 Å². The molecule has 2 aliphatic heterocycles. The molecule has 0 aliphatic carbocycles. The summed E-state index contributed by atoms with van der Waals surface area (Å²) < 4.78 is 38.2. The largest absolute Gasteiger partial charge is 0.419 e. The number of piperidine rings is 1. The minimum atomic E-state index is -4.46. The molecule has 0 spiro atoms. The maximum Gasteiger partial charge on any atom is 0.419 e. The minimum Gasteiger partial charge on any atom is -0.338 e. The summed E-state index contributed by atoms with van der Waals surface area (Å²) in [6.07, 6.45) is 0.409. The van der Waals surface area contributed by atoms with E-state index < -0.39 is 11.7 Å². The summed E-state index contributed by atoms with van der Waals surface area (Å²) in [5, 5.41) is 3.06. The van der Waals surface area contributed by atoms with Crippen molar-refractivity contribution in [3.8, 4) is 0 Å². The standard InChI is InChI=1S/C25H33F3N6O/c1-19-17-33(23-30-15-22(16-31-23)25(26,27)28)13-14-34(19)24(35)29-10-7-20-8-11-32(12-9-20)18-21-5-3-2-4-6-21/h2-6,15-16,19-20H,7-14,17-18H2,1H3,(H,29,35). The molecule has 1 atom stereocenters. The zero-order chi connectivity index (χ0) is 24.8. The highest BCUT2D eigenvalue weighted by molar-refractivity contribution is 5.74. The van der Waals surface area contributed by atoms with Crippen LogP contribution in [0.4, 0.5) is 23.9 Å². The first-order valence-corrected chi connectivity index (χ1v) is 12.2. The van der Waals surface area contributed by atoms with Crippen molar-refractivity contribution in [2.24, 2.45) is 5.92 Å². The van der Waals surface area contributed by atoms with Gasteiger partial charge in [0.15, 0.2) is 0 Å². The Kier molecular flexibility index (Phi) is 8.10. The number of likely N-dealkylation sites (tertiary alicyclic amines) is 1. The van der Waals surface area contributed by atoms with Crippen LogP contribution < -0.4 is 10.2 Å². The SMILES string of the molecule is CC1CN(c2ncc(C(F)(F)F)cn2)CCN1C(=O)NCCC1CCN(Cc2ccccc2)CC1. The van der Waals surface area contributed by atoms with E-state index in [1.54, 1.807) is 4.90 Å². The van der Waals surface area contributed by atoms with Crippen LogP contribution >= 0.6 is 0 Å². The number of nitrogens with zero attached hydrogens (tertiary/aromatic N) is 5. The van der Waals surface area contributed by atoms with Crippen LogP contribution in [0, 0.1) is 5.92 Å². The monoisotopic (exact) mass is 490 g/mol. The zero-order valence-corrected chi connectivity index (χ0v) is 20.0. The van der Waals surface area contributed by atoms with Crippen LogP contribution in [0.1, 0.15) is 37.3 Å². The van der Waals surface area contributed by atoms with Crippen LogP contribution in [0.15, 0.2) is 42.7 Å². The Morgan fingerprint density at radius 3 is 2.37 bits per heavy atom. The van der Waals surface area contributed by atoms with Gasteiger partial charge in [-0.05, 0) is 50.8 Å². The van der Waals surface area contributed by atoms with E-state index in [0.717, 1.165) is 51.3 Å². The maximum atomic E-state index is 12.7. The van der Waals surface area contributed by atoms with Gasteiger partial charge in [0.1, 0.15) is 0 Å². The molecule has 7 nitrogen and oxygen atoms in total. The number of nitrogens with one attached hydrogen (secondary N) is 1. The quantitative estimate of drug-likeness (QED) is 0.663. The number of anilines is 1. The zero-order valence-electron chi connectivity index (χ0n) is 20.0. The predicted molar refractivity (Wildman–Crippen MR) is 128 cm³/mol. The molecule has 0 bridgehead atoms. The molecule has 2 amide bonds. The van der Waals surface area contributed by atoms with Gasteiger partial charge in [-0.25, -0.2) is 14.8 Å². The average molecular weight is 491 g/mol. The molecule has 190 valence electrons. The Labute approximate surface area is 204 Å². The van der Waals surface area contributed by atoms with Gasteiger partial charge < -0.3 is 15.1 Å². The third kappa shape index (κ3) is 6.84. The Balaban J connectivity index is 1.16. The fraction of sp³-hybridized carbons (Fsp3) is 0.560. The van der Waals surface area contributed by atoms with Gasteiger partial charge in [-0.1, -0.05) is 30.3 Å². The summed E-state index contributed by atoms with van der Waals surface area (Å²) in [7, 11) is 0. The number of halogens is 3. The van der Waals surface area contributed by atoms with Crippen LogP contribution in [0.3, 0.4) is 0 Å². The van der Waals surface area contributed by atoms with E-state index in [4.69, 9.17) is 0 Å². The molecule has 35 heavy (non-hydrogen) atoms. The van der Waals surface area contributed by atoms with Crippen molar-refractivity contribution in [2.75, 3.05) is 44.2 Å². The molecule has 1 unspecified atom stereocenters. The molecule has 0 radical (unpaired) electrons. The highest BCUT2D eigenvalue weighted by atomic mass is 19.4. The number of alkyl halides is 3. The molecular weight excluding hydrogens is 457 g/mol. The Morgan fingerprint density at radius 2 is 1.74 bits per heavy atom. The molecule has 2 fully saturated rings. The number of carbonyl (C=O) groups is 1. The first kappa shape index (κ1) is 25.2. The number of carbonyl (C=O) groups excluding carboxylic acids is 1. The van der Waals surface area contributed by atoms with Gasteiger partial charge in [-0.2, -0.15) is 13.2 Å². The Bertz CT molecular complexity index is 948. The lowest BCUT2D eigenvalue weighted by atomic mass is 9.93. The van der Waals surface area contributed by atoms with Crippen molar-refractivity contribution in [1.82, 2.24) is 25.1 Å². The number of aromatic nitrogens is 2. The molecule has 2 aliphatic rings. The highest BCUT2D eigenvalue weighted by Gasteiger charge is 2.33. The number of piperazine rings is 1. The van der Waals surface area contributed by atoms with E-state index in [-0.39, 0.29) is 18.0 Å². The number of urea groups is 1. The van der Waals surface area contributed by atoms with Crippen molar-refractivity contribution in [2.45, 2.75) is 44.9 Å².